The zero-order valence-corrected chi connectivity index (χ0v) is 11.1. The molecule has 3 aromatic rings. The molecule has 0 bridgehead atoms. The maximum Gasteiger partial charge on any atom is 0.287 e. The maximum absolute atomic E-state index is 11.7. The molecule has 5 nitrogen and oxygen atoms in total. The Morgan fingerprint density at radius 1 is 1.14 bits per heavy atom. The van der Waals surface area contributed by atoms with Gasteiger partial charge in [-0.3, -0.25) is 4.79 Å². The Morgan fingerprint density at radius 2 is 2.00 bits per heavy atom. The maximum atomic E-state index is 11.7. The van der Waals surface area contributed by atoms with E-state index in [-0.39, 0.29) is 11.7 Å². The summed E-state index contributed by atoms with van der Waals surface area (Å²) in [6.07, 6.45) is 3.10. The normalized spacial score (nSPS) is 11.0. The van der Waals surface area contributed by atoms with Crippen molar-refractivity contribution in [1.29, 1.82) is 0 Å². The molecule has 5 heteroatoms. The van der Waals surface area contributed by atoms with Crippen molar-refractivity contribution < 1.29 is 9.90 Å². The van der Waals surface area contributed by atoms with E-state index >= 15 is 0 Å². The number of H-pyrrole nitrogens is 1. The number of carbonyl (C=O) groups excluding carboxylic acids is 1. The van der Waals surface area contributed by atoms with Crippen LogP contribution in [0.4, 0.5) is 0 Å². The van der Waals surface area contributed by atoms with Crippen LogP contribution in [0.15, 0.2) is 59.8 Å². The number of aromatic hydroxyl groups is 1. The molecule has 3 rings (SSSR count). The Kier molecular flexibility index (Phi) is 3.39. The molecule has 1 amide bonds. The highest BCUT2D eigenvalue weighted by atomic mass is 16.3. The zero-order valence-electron chi connectivity index (χ0n) is 11.1. The number of phenolic OH excluding ortho intramolecular Hbond substituents is 1. The fourth-order valence-corrected chi connectivity index (χ4v) is 2.11. The highest BCUT2D eigenvalue weighted by molar-refractivity contribution is 6.03. The van der Waals surface area contributed by atoms with Crippen molar-refractivity contribution in [3.05, 3.63) is 66.0 Å². The van der Waals surface area contributed by atoms with Crippen molar-refractivity contribution in [2.75, 3.05) is 0 Å². The van der Waals surface area contributed by atoms with Gasteiger partial charge in [0.05, 0.1) is 6.21 Å². The molecule has 3 N–H and O–H groups in total. The van der Waals surface area contributed by atoms with E-state index in [0.717, 1.165) is 10.8 Å². The van der Waals surface area contributed by atoms with Gasteiger partial charge in [-0.2, -0.15) is 5.10 Å². The number of nitrogens with zero attached hydrogens (tertiary/aromatic N) is 1. The smallest absolute Gasteiger partial charge is 0.287 e. The van der Waals surface area contributed by atoms with Crippen molar-refractivity contribution in [2.45, 2.75) is 0 Å². The van der Waals surface area contributed by atoms with E-state index in [1.54, 1.807) is 24.4 Å². The van der Waals surface area contributed by atoms with E-state index in [1.165, 1.54) is 6.21 Å². The largest absolute Gasteiger partial charge is 0.507 e. The van der Waals surface area contributed by atoms with E-state index in [1.807, 2.05) is 30.3 Å². The van der Waals surface area contributed by atoms with Gasteiger partial charge in [0.2, 0.25) is 0 Å². The zero-order chi connectivity index (χ0) is 14.7. The van der Waals surface area contributed by atoms with Crippen LogP contribution in [0.5, 0.6) is 5.75 Å². The number of rotatable bonds is 3. The molecule has 0 aliphatic rings. The molecule has 0 atom stereocenters. The molecule has 0 fully saturated rings. The van der Waals surface area contributed by atoms with Gasteiger partial charge in [-0.1, -0.05) is 30.3 Å². The molecule has 0 unspecified atom stereocenters. The highest BCUT2D eigenvalue weighted by Gasteiger charge is 2.06. The number of amides is 1. The first-order chi connectivity index (χ1) is 10.3. The van der Waals surface area contributed by atoms with Crippen LogP contribution in [0.25, 0.3) is 10.8 Å². The highest BCUT2D eigenvalue weighted by Crippen LogP contribution is 2.25. The third kappa shape index (κ3) is 2.62. The van der Waals surface area contributed by atoms with Crippen molar-refractivity contribution in [2.24, 2.45) is 5.10 Å². The predicted molar refractivity (Wildman–Crippen MR) is 81.5 cm³/mol. The summed E-state index contributed by atoms with van der Waals surface area (Å²) in [7, 11) is 0. The minimum absolute atomic E-state index is 0.117. The van der Waals surface area contributed by atoms with Crippen LogP contribution in [0, 0.1) is 0 Å². The lowest BCUT2D eigenvalue weighted by atomic mass is 10.0. The number of hydrogen-bond donors (Lipinski definition) is 3. The van der Waals surface area contributed by atoms with Crippen LogP contribution in [0.2, 0.25) is 0 Å². The molecule has 0 radical (unpaired) electrons. The monoisotopic (exact) mass is 279 g/mol. The van der Waals surface area contributed by atoms with Gasteiger partial charge < -0.3 is 10.1 Å². The first-order valence-corrected chi connectivity index (χ1v) is 6.43. The third-order valence-electron chi connectivity index (χ3n) is 3.15. The van der Waals surface area contributed by atoms with E-state index in [4.69, 9.17) is 0 Å². The molecule has 1 heterocycles. The fraction of sp³-hybridized carbons (Fsp3) is 0. The first-order valence-electron chi connectivity index (χ1n) is 6.43. The SMILES string of the molecule is O=C(N/N=C/c1c(O)ccc2ccccc12)c1ccc[nH]1. The van der Waals surface area contributed by atoms with E-state index in [0.29, 0.717) is 11.3 Å². The van der Waals surface area contributed by atoms with Gasteiger partial charge in [-0.15, -0.1) is 0 Å². The Bertz CT molecular complexity index is 808. The quantitative estimate of drug-likeness (QED) is 0.509. The van der Waals surface area contributed by atoms with Crippen LogP contribution >= 0.6 is 0 Å². The third-order valence-corrected chi connectivity index (χ3v) is 3.15. The minimum Gasteiger partial charge on any atom is -0.507 e. The number of aromatic nitrogens is 1. The Morgan fingerprint density at radius 3 is 2.81 bits per heavy atom. The lowest BCUT2D eigenvalue weighted by molar-refractivity contribution is 0.0951. The summed E-state index contributed by atoms with van der Waals surface area (Å²) < 4.78 is 0. The fourth-order valence-electron chi connectivity index (χ4n) is 2.11. The number of hydrogen-bond acceptors (Lipinski definition) is 3. The lowest BCUT2D eigenvalue weighted by Crippen LogP contribution is -2.17. The molecule has 1 aromatic heterocycles. The van der Waals surface area contributed by atoms with Crippen LogP contribution in [-0.2, 0) is 0 Å². The van der Waals surface area contributed by atoms with E-state index < -0.39 is 0 Å². The second-order valence-corrected chi connectivity index (χ2v) is 4.50. The van der Waals surface area contributed by atoms with E-state index in [2.05, 4.69) is 15.5 Å². The van der Waals surface area contributed by atoms with Crippen molar-refractivity contribution in [3.8, 4) is 5.75 Å². The van der Waals surface area contributed by atoms with Crippen LogP contribution in [0.1, 0.15) is 16.1 Å². The Hall–Kier alpha value is -3.08. The number of phenols is 1. The van der Waals surface area contributed by atoms with Crippen LogP contribution in [-0.4, -0.2) is 22.2 Å². The second kappa shape index (κ2) is 5.50. The van der Waals surface area contributed by atoms with Gasteiger partial charge in [-0.05, 0) is 29.0 Å². The minimum atomic E-state index is -0.337. The summed E-state index contributed by atoms with van der Waals surface area (Å²) >= 11 is 0. The number of hydrazone groups is 1. The summed E-state index contributed by atoms with van der Waals surface area (Å²) in [4.78, 5) is 14.5. The number of carbonyl (C=O) groups is 1. The van der Waals surface area contributed by atoms with Gasteiger partial charge in [0, 0.05) is 11.8 Å². The van der Waals surface area contributed by atoms with Crippen LogP contribution < -0.4 is 5.43 Å². The molecule has 0 saturated carbocycles. The van der Waals surface area contributed by atoms with Gasteiger partial charge in [0.1, 0.15) is 11.4 Å². The summed E-state index contributed by atoms with van der Waals surface area (Å²) in [6.45, 7) is 0. The molecule has 0 aliphatic carbocycles. The standard InChI is InChI=1S/C16H13N3O2/c20-15-8-7-11-4-1-2-5-12(11)13(15)10-18-19-16(21)14-6-3-9-17-14/h1-10,17,20H,(H,19,21)/b18-10+. The molecular formula is C16H13N3O2. The number of aromatic amines is 1. The summed E-state index contributed by atoms with van der Waals surface area (Å²) in [6, 6.07) is 14.5. The van der Waals surface area contributed by atoms with Crippen LogP contribution in [0.3, 0.4) is 0 Å². The molecule has 0 spiro atoms. The molecule has 0 aliphatic heterocycles. The summed E-state index contributed by atoms with van der Waals surface area (Å²) in [5, 5.41) is 15.7. The molecular weight excluding hydrogens is 266 g/mol. The average Bonchev–Trinajstić information content (AvgIpc) is 3.04. The first kappa shape index (κ1) is 12.9. The van der Waals surface area contributed by atoms with Crippen molar-refractivity contribution >= 4 is 22.9 Å². The van der Waals surface area contributed by atoms with Crippen molar-refractivity contribution in [3.63, 3.8) is 0 Å². The average molecular weight is 279 g/mol. The number of benzene rings is 2. The van der Waals surface area contributed by atoms with Crippen molar-refractivity contribution in [1.82, 2.24) is 10.4 Å². The lowest BCUT2D eigenvalue weighted by Gasteiger charge is -2.04. The number of fused-ring (bicyclic) bond motifs is 1. The topological polar surface area (TPSA) is 77.5 Å². The molecule has 104 valence electrons. The van der Waals surface area contributed by atoms with Gasteiger partial charge >= 0.3 is 0 Å². The summed E-state index contributed by atoms with van der Waals surface area (Å²) in [5.74, 6) is -0.220. The Labute approximate surface area is 120 Å². The predicted octanol–water partition coefficient (Wildman–Crippen LogP) is 2.64. The molecule has 21 heavy (non-hydrogen) atoms. The van der Waals surface area contributed by atoms with Gasteiger partial charge in [0.15, 0.2) is 0 Å². The Balaban J connectivity index is 1.86. The summed E-state index contributed by atoms with van der Waals surface area (Å²) in [5.41, 5.74) is 3.41. The molecule has 2 aromatic carbocycles. The van der Waals surface area contributed by atoms with Gasteiger partial charge in [-0.25, -0.2) is 5.43 Å². The molecule has 0 saturated heterocycles. The van der Waals surface area contributed by atoms with E-state index in [9.17, 15) is 9.90 Å². The number of nitrogens with one attached hydrogen (secondary N) is 2. The van der Waals surface area contributed by atoms with Gasteiger partial charge in [0.25, 0.3) is 5.91 Å². The second-order valence-electron chi connectivity index (χ2n) is 4.50.